The highest BCUT2D eigenvalue weighted by Gasteiger charge is 2.34. The molecule has 25 heavy (non-hydrogen) atoms. The van der Waals surface area contributed by atoms with Gasteiger partial charge in [0.25, 0.3) is 0 Å². The second-order valence-corrected chi connectivity index (χ2v) is 8.18. The zero-order valence-corrected chi connectivity index (χ0v) is 15.1. The molecule has 0 unspecified atom stereocenters. The summed E-state index contributed by atoms with van der Waals surface area (Å²) in [5.74, 6) is -0.467. The van der Waals surface area contributed by atoms with Gasteiger partial charge < -0.3 is 15.0 Å². The topological polar surface area (TPSA) is 92.8 Å². The molecule has 2 rings (SSSR count). The number of hydrogen-bond acceptors (Lipinski definition) is 5. The van der Waals surface area contributed by atoms with Crippen LogP contribution in [-0.4, -0.2) is 56.5 Å². The van der Waals surface area contributed by atoms with Gasteiger partial charge in [0, 0.05) is 18.3 Å². The molecule has 0 bridgehead atoms. The molecule has 1 heterocycles. The molecule has 0 radical (unpaired) electrons. The van der Waals surface area contributed by atoms with Crippen molar-refractivity contribution in [2.75, 3.05) is 30.5 Å². The van der Waals surface area contributed by atoms with Crippen LogP contribution in [-0.2, 0) is 14.6 Å². The van der Waals surface area contributed by atoms with Gasteiger partial charge in [-0.15, -0.1) is 6.58 Å². The minimum Gasteiger partial charge on any atom is -0.465 e. The second-order valence-electron chi connectivity index (χ2n) is 5.95. The summed E-state index contributed by atoms with van der Waals surface area (Å²) in [5, 5.41) is 2.76. The fourth-order valence-electron chi connectivity index (χ4n) is 2.75. The first-order valence-electron chi connectivity index (χ1n) is 7.85. The van der Waals surface area contributed by atoms with E-state index in [4.69, 9.17) is 0 Å². The summed E-state index contributed by atoms with van der Waals surface area (Å²) in [4.78, 5) is 25.8. The number of ether oxygens (including phenoxy) is 1. The first-order valence-corrected chi connectivity index (χ1v) is 9.67. The van der Waals surface area contributed by atoms with Gasteiger partial charge in [-0.05, 0) is 31.0 Å². The van der Waals surface area contributed by atoms with Crippen LogP contribution < -0.4 is 5.32 Å². The number of anilines is 1. The number of esters is 1. The minimum atomic E-state index is -3.11. The molecule has 7 nitrogen and oxygen atoms in total. The van der Waals surface area contributed by atoms with Crippen LogP contribution in [0, 0.1) is 6.92 Å². The number of carbonyl (C=O) groups is 2. The Hall–Kier alpha value is -2.35. The molecule has 1 aromatic rings. The molecule has 0 saturated carbocycles. The molecule has 1 aliphatic rings. The van der Waals surface area contributed by atoms with E-state index < -0.39 is 21.8 Å². The number of carbonyl (C=O) groups excluding carboxylic acids is 2. The Labute approximate surface area is 147 Å². The van der Waals surface area contributed by atoms with Gasteiger partial charge in [-0.2, -0.15) is 0 Å². The van der Waals surface area contributed by atoms with Crippen LogP contribution in [0.25, 0.3) is 0 Å². The zero-order valence-electron chi connectivity index (χ0n) is 14.3. The molecule has 0 aliphatic carbocycles. The lowest BCUT2D eigenvalue weighted by Crippen LogP contribution is -2.43. The third kappa shape index (κ3) is 4.60. The van der Waals surface area contributed by atoms with Crippen LogP contribution in [0.1, 0.15) is 22.3 Å². The first-order chi connectivity index (χ1) is 11.8. The highest BCUT2D eigenvalue weighted by molar-refractivity contribution is 7.91. The number of urea groups is 1. The van der Waals surface area contributed by atoms with Crippen molar-refractivity contribution in [2.24, 2.45) is 0 Å². The number of nitrogens with one attached hydrogen (secondary N) is 1. The standard InChI is InChI=1S/C17H22N2O5S/c1-4-8-19(14-7-9-25(22,23)11-14)17(21)18-15-10-13(16(20)24-3)6-5-12(15)2/h4-6,10,14H,1,7-9,11H2,2-3H3,(H,18,21)/t14-/m0/s1. The number of nitrogens with zero attached hydrogens (tertiary/aromatic N) is 1. The maximum atomic E-state index is 12.7. The highest BCUT2D eigenvalue weighted by Crippen LogP contribution is 2.21. The molecule has 1 fully saturated rings. The number of aryl methyl sites for hydroxylation is 1. The van der Waals surface area contributed by atoms with Crippen molar-refractivity contribution in [3.8, 4) is 0 Å². The van der Waals surface area contributed by atoms with E-state index in [9.17, 15) is 18.0 Å². The summed E-state index contributed by atoms with van der Waals surface area (Å²) in [6, 6.07) is 4.05. The van der Waals surface area contributed by atoms with Crippen LogP contribution in [0.5, 0.6) is 0 Å². The molecule has 1 atom stereocenters. The van der Waals surface area contributed by atoms with Crippen LogP contribution in [0.15, 0.2) is 30.9 Å². The molecule has 0 spiro atoms. The van der Waals surface area contributed by atoms with E-state index in [-0.39, 0.29) is 24.1 Å². The highest BCUT2D eigenvalue weighted by atomic mass is 32.2. The SMILES string of the molecule is C=CCN(C(=O)Nc1cc(C(=O)OC)ccc1C)[C@H]1CCS(=O)(=O)C1. The Morgan fingerprint density at radius 1 is 1.44 bits per heavy atom. The summed E-state index contributed by atoms with van der Waals surface area (Å²) >= 11 is 0. The Morgan fingerprint density at radius 2 is 2.16 bits per heavy atom. The van der Waals surface area contributed by atoms with Crippen molar-refractivity contribution in [1.29, 1.82) is 0 Å². The Balaban J connectivity index is 2.21. The quantitative estimate of drug-likeness (QED) is 0.635. The van der Waals surface area contributed by atoms with E-state index in [0.717, 1.165) is 5.56 Å². The zero-order chi connectivity index (χ0) is 18.6. The van der Waals surface area contributed by atoms with E-state index in [1.165, 1.54) is 18.1 Å². The van der Waals surface area contributed by atoms with Crippen LogP contribution >= 0.6 is 0 Å². The Bertz CT molecular complexity index is 788. The van der Waals surface area contributed by atoms with Crippen molar-refractivity contribution in [3.63, 3.8) is 0 Å². The second kappa shape index (κ2) is 7.69. The van der Waals surface area contributed by atoms with E-state index in [1.807, 2.05) is 0 Å². The normalized spacial score (nSPS) is 18.4. The Morgan fingerprint density at radius 3 is 2.72 bits per heavy atom. The molecule has 136 valence electrons. The molecule has 0 aromatic heterocycles. The summed E-state index contributed by atoms with van der Waals surface area (Å²) in [6.45, 7) is 5.67. The van der Waals surface area contributed by atoms with Crippen LogP contribution in [0.4, 0.5) is 10.5 Å². The number of benzene rings is 1. The van der Waals surface area contributed by atoms with Crippen LogP contribution in [0.2, 0.25) is 0 Å². The fraction of sp³-hybridized carbons (Fsp3) is 0.412. The Kier molecular flexibility index (Phi) is 5.84. The number of methoxy groups -OCH3 is 1. The number of amides is 2. The van der Waals surface area contributed by atoms with Crippen molar-refractivity contribution in [1.82, 2.24) is 4.90 Å². The first kappa shape index (κ1) is 19.0. The summed E-state index contributed by atoms with van der Waals surface area (Å²) in [7, 11) is -1.83. The molecule has 1 N–H and O–H groups in total. The molecule has 1 saturated heterocycles. The molecular weight excluding hydrogens is 344 g/mol. The van der Waals surface area contributed by atoms with E-state index >= 15 is 0 Å². The third-order valence-electron chi connectivity index (χ3n) is 4.14. The number of sulfone groups is 1. The lowest BCUT2D eigenvalue weighted by atomic mass is 10.1. The van der Waals surface area contributed by atoms with Gasteiger partial charge in [0.2, 0.25) is 0 Å². The van der Waals surface area contributed by atoms with Gasteiger partial charge in [-0.3, -0.25) is 0 Å². The minimum absolute atomic E-state index is 0.0462. The largest absolute Gasteiger partial charge is 0.465 e. The van der Waals surface area contributed by atoms with Crippen molar-refractivity contribution in [2.45, 2.75) is 19.4 Å². The maximum Gasteiger partial charge on any atom is 0.337 e. The predicted molar refractivity (Wildman–Crippen MR) is 95.5 cm³/mol. The molecule has 8 heteroatoms. The number of rotatable bonds is 5. The van der Waals surface area contributed by atoms with Gasteiger partial charge in [-0.1, -0.05) is 12.1 Å². The fourth-order valence-corrected chi connectivity index (χ4v) is 4.48. The smallest absolute Gasteiger partial charge is 0.337 e. The third-order valence-corrected chi connectivity index (χ3v) is 5.89. The van der Waals surface area contributed by atoms with E-state index in [0.29, 0.717) is 17.7 Å². The van der Waals surface area contributed by atoms with E-state index in [1.54, 1.807) is 25.1 Å². The van der Waals surface area contributed by atoms with Crippen molar-refractivity contribution >= 4 is 27.5 Å². The lowest BCUT2D eigenvalue weighted by molar-refractivity contribution is 0.0600. The maximum absolute atomic E-state index is 12.7. The van der Waals surface area contributed by atoms with E-state index in [2.05, 4.69) is 16.6 Å². The summed E-state index contributed by atoms with van der Waals surface area (Å²) < 4.78 is 28.1. The summed E-state index contributed by atoms with van der Waals surface area (Å²) in [6.07, 6.45) is 1.97. The van der Waals surface area contributed by atoms with Crippen molar-refractivity contribution < 1.29 is 22.7 Å². The molecule has 2 amide bonds. The van der Waals surface area contributed by atoms with Gasteiger partial charge in [0.1, 0.15) is 0 Å². The van der Waals surface area contributed by atoms with Gasteiger partial charge in [0.15, 0.2) is 9.84 Å². The van der Waals surface area contributed by atoms with Crippen molar-refractivity contribution in [3.05, 3.63) is 42.0 Å². The number of hydrogen-bond donors (Lipinski definition) is 1. The average Bonchev–Trinajstić information content (AvgIpc) is 2.93. The molecule has 1 aromatic carbocycles. The van der Waals surface area contributed by atoms with Gasteiger partial charge in [0.05, 0.1) is 24.2 Å². The monoisotopic (exact) mass is 366 g/mol. The molecular formula is C17H22N2O5S. The lowest BCUT2D eigenvalue weighted by Gasteiger charge is -2.27. The van der Waals surface area contributed by atoms with Gasteiger partial charge >= 0.3 is 12.0 Å². The van der Waals surface area contributed by atoms with Gasteiger partial charge in [-0.25, -0.2) is 18.0 Å². The predicted octanol–water partition coefficient (Wildman–Crippen LogP) is 1.99. The average molecular weight is 366 g/mol. The van der Waals surface area contributed by atoms with Crippen LogP contribution in [0.3, 0.4) is 0 Å². The molecule has 1 aliphatic heterocycles. The summed E-state index contributed by atoms with van der Waals surface area (Å²) in [5.41, 5.74) is 1.57.